The normalized spacial score (nSPS) is 16.3. The molecule has 1 aromatic carbocycles. The highest BCUT2D eigenvalue weighted by Crippen LogP contribution is 2.25. The van der Waals surface area contributed by atoms with Crippen LogP contribution in [-0.4, -0.2) is 54.3 Å². The zero-order chi connectivity index (χ0) is 17.3. The molecule has 128 valence electrons. The molecule has 1 aliphatic rings. The number of aromatic nitrogens is 1. The molecule has 1 amide bonds. The van der Waals surface area contributed by atoms with Crippen molar-refractivity contribution < 1.29 is 13.2 Å². The number of nitrogens with zero attached hydrogens (tertiary/aromatic N) is 3. The summed E-state index contributed by atoms with van der Waals surface area (Å²) in [6.45, 7) is 1.23. The van der Waals surface area contributed by atoms with Crippen LogP contribution in [-0.2, 0) is 17.1 Å². The van der Waals surface area contributed by atoms with Crippen LogP contribution in [0.25, 0.3) is 0 Å². The first-order chi connectivity index (χ1) is 11.4. The van der Waals surface area contributed by atoms with Gasteiger partial charge in [0, 0.05) is 45.6 Å². The van der Waals surface area contributed by atoms with Crippen LogP contribution in [0.3, 0.4) is 0 Å². The van der Waals surface area contributed by atoms with E-state index in [0.717, 1.165) is 0 Å². The van der Waals surface area contributed by atoms with E-state index in [2.05, 4.69) is 0 Å². The predicted octanol–water partition coefficient (Wildman–Crippen LogP) is 1.83. The standard InChI is InChI=1S/C16H18ClN3O3S/c1-18-7-6-13(12-18)16(21)19-8-10-20(11-9-19)24(22,23)15-5-3-2-4-14(15)17/h2-7,12H,8-11H2,1H3. The van der Waals surface area contributed by atoms with Crippen LogP contribution in [0.2, 0.25) is 5.02 Å². The first-order valence-corrected chi connectivity index (χ1v) is 9.37. The molecular formula is C16H18ClN3O3S. The Kier molecular flexibility index (Phi) is 4.67. The van der Waals surface area contributed by atoms with Crippen molar-refractivity contribution in [3.8, 4) is 0 Å². The van der Waals surface area contributed by atoms with Gasteiger partial charge in [-0.05, 0) is 18.2 Å². The fraction of sp³-hybridized carbons (Fsp3) is 0.312. The van der Waals surface area contributed by atoms with E-state index in [4.69, 9.17) is 11.6 Å². The van der Waals surface area contributed by atoms with Crippen LogP contribution < -0.4 is 0 Å². The minimum Gasteiger partial charge on any atom is -0.356 e. The van der Waals surface area contributed by atoms with Gasteiger partial charge in [0.15, 0.2) is 0 Å². The van der Waals surface area contributed by atoms with Gasteiger partial charge < -0.3 is 9.47 Å². The minimum atomic E-state index is -3.64. The van der Waals surface area contributed by atoms with Crippen molar-refractivity contribution in [1.82, 2.24) is 13.8 Å². The first-order valence-electron chi connectivity index (χ1n) is 7.55. The van der Waals surface area contributed by atoms with E-state index in [9.17, 15) is 13.2 Å². The van der Waals surface area contributed by atoms with Crippen LogP contribution in [0, 0.1) is 0 Å². The molecule has 0 radical (unpaired) electrons. The van der Waals surface area contributed by atoms with E-state index in [-0.39, 0.29) is 28.9 Å². The number of hydrogen-bond acceptors (Lipinski definition) is 3. The summed E-state index contributed by atoms with van der Waals surface area (Å²) < 4.78 is 28.6. The van der Waals surface area contributed by atoms with Crippen molar-refractivity contribution in [2.45, 2.75) is 4.90 Å². The number of rotatable bonds is 3. The Hall–Kier alpha value is -1.83. The van der Waals surface area contributed by atoms with Gasteiger partial charge in [-0.3, -0.25) is 4.79 Å². The van der Waals surface area contributed by atoms with Gasteiger partial charge in [-0.2, -0.15) is 4.31 Å². The number of hydrogen-bond donors (Lipinski definition) is 0. The zero-order valence-electron chi connectivity index (χ0n) is 13.2. The lowest BCUT2D eigenvalue weighted by Gasteiger charge is -2.34. The molecular weight excluding hydrogens is 350 g/mol. The van der Waals surface area contributed by atoms with Crippen LogP contribution >= 0.6 is 11.6 Å². The summed E-state index contributed by atoms with van der Waals surface area (Å²) in [7, 11) is -1.79. The van der Waals surface area contributed by atoms with E-state index in [0.29, 0.717) is 18.7 Å². The van der Waals surface area contributed by atoms with Crippen molar-refractivity contribution >= 4 is 27.5 Å². The Labute approximate surface area is 146 Å². The highest BCUT2D eigenvalue weighted by atomic mass is 35.5. The second-order valence-electron chi connectivity index (χ2n) is 5.69. The Bertz CT molecular complexity index is 855. The van der Waals surface area contributed by atoms with Gasteiger partial charge in [-0.1, -0.05) is 23.7 Å². The molecule has 0 spiro atoms. The molecule has 0 atom stereocenters. The zero-order valence-corrected chi connectivity index (χ0v) is 14.8. The molecule has 0 N–H and O–H groups in total. The fourth-order valence-corrected chi connectivity index (χ4v) is 4.65. The SMILES string of the molecule is Cn1ccc(C(=O)N2CCN(S(=O)(=O)c3ccccc3Cl)CC2)c1. The summed E-state index contributed by atoms with van der Waals surface area (Å²) >= 11 is 6.02. The smallest absolute Gasteiger partial charge is 0.255 e. The number of aryl methyl sites for hydroxylation is 1. The fourth-order valence-electron chi connectivity index (χ4n) is 2.74. The number of benzene rings is 1. The van der Waals surface area contributed by atoms with Crippen LogP contribution in [0.1, 0.15) is 10.4 Å². The summed E-state index contributed by atoms with van der Waals surface area (Å²) in [6.07, 6.45) is 3.57. The molecule has 2 aromatic rings. The van der Waals surface area contributed by atoms with Gasteiger partial charge in [0.1, 0.15) is 4.90 Å². The second-order valence-corrected chi connectivity index (χ2v) is 8.01. The van der Waals surface area contributed by atoms with Gasteiger partial charge >= 0.3 is 0 Å². The summed E-state index contributed by atoms with van der Waals surface area (Å²) in [5.74, 6) is -0.0783. The molecule has 1 aromatic heterocycles. The predicted molar refractivity (Wildman–Crippen MR) is 91.5 cm³/mol. The second kappa shape index (κ2) is 6.58. The molecule has 24 heavy (non-hydrogen) atoms. The first kappa shape index (κ1) is 17.0. The van der Waals surface area contributed by atoms with Crippen molar-refractivity contribution in [2.75, 3.05) is 26.2 Å². The number of amides is 1. The molecule has 0 bridgehead atoms. The summed E-state index contributed by atoms with van der Waals surface area (Å²) in [6, 6.07) is 8.16. The van der Waals surface area contributed by atoms with Crippen LogP contribution in [0.15, 0.2) is 47.6 Å². The Morgan fingerprint density at radius 2 is 1.75 bits per heavy atom. The van der Waals surface area contributed by atoms with Gasteiger partial charge in [0.05, 0.1) is 10.6 Å². The largest absolute Gasteiger partial charge is 0.356 e. The lowest BCUT2D eigenvalue weighted by molar-refractivity contribution is 0.0698. The van der Waals surface area contributed by atoms with Gasteiger partial charge in [-0.15, -0.1) is 0 Å². The van der Waals surface area contributed by atoms with Crippen LogP contribution in [0.5, 0.6) is 0 Å². The molecule has 0 saturated carbocycles. The number of piperazine rings is 1. The van der Waals surface area contributed by atoms with E-state index in [1.165, 1.54) is 10.4 Å². The Morgan fingerprint density at radius 1 is 1.08 bits per heavy atom. The summed E-state index contributed by atoms with van der Waals surface area (Å²) in [5, 5.41) is 0.209. The molecule has 3 rings (SSSR count). The summed E-state index contributed by atoms with van der Waals surface area (Å²) in [5.41, 5.74) is 0.611. The third kappa shape index (κ3) is 3.19. The van der Waals surface area contributed by atoms with Gasteiger partial charge in [-0.25, -0.2) is 8.42 Å². The van der Waals surface area contributed by atoms with Gasteiger partial charge in [0.25, 0.3) is 5.91 Å². The third-order valence-corrected chi connectivity index (χ3v) is 6.46. The molecule has 0 unspecified atom stereocenters. The number of carbonyl (C=O) groups is 1. The lowest BCUT2D eigenvalue weighted by Crippen LogP contribution is -2.50. The van der Waals surface area contributed by atoms with Crippen LogP contribution in [0.4, 0.5) is 0 Å². The maximum atomic E-state index is 12.7. The Balaban J connectivity index is 1.71. The van der Waals surface area contributed by atoms with Crippen molar-refractivity contribution in [3.63, 3.8) is 0 Å². The topological polar surface area (TPSA) is 62.6 Å². The van der Waals surface area contributed by atoms with Gasteiger partial charge in [0.2, 0.25) is 10.0 Å². The van der Waals surface area contributed by atoms with Crippen molar-refractivity contribution in [3.05, 3.63) is 53.3 Å². The van der Waals surface area contributed by atoms with E-state index >= 15 is 0 Å². The molecule has 6 nitrogen and oxygen atoms in total. The van der Waals surface area contributed by atoms with E-state index in [1.54, 1.807) is 35.4 Å². The maximum Gasteiger partial charge on any atom is 0.255 e. The van der Waals surface area contributed by atoms with E-state index < -0.39 is 10.0 Å². The molecule has 2 heterocycles. The molecule has 1 fully saturated rings. The average molecular weight is 368 g/mol. The molecule has 1 aliphatic heterocycles. The lowest BCUT2D eigenvalue weighted by atomic mass is 10.2. The number of halogens is 1. The summed E-state index contributed by atoms with van der Waals surface area (Å²) in [4.78, 5) is 14.2. The highest BCUT2D eigenvalue weighted by molar-refractivity contribution is 7.89. The number of sulfonamides is 1. The maximum absolute atomic E-state index is 12.7. The highest BCUT2D eigenvalue weighted by Gasteiger charge is 2.31. The monoisotopic (exact) mass is 367 g/mol. The average Bonchev–Trinajstić information content (AvgIpc) is 3.01. The van der Waals surface area contributed by atoms with Crippen molar-refractivity contribution in [2.24, 2.45) is 7.05 Å². The molecule has 0 aliphatic carbocycles. The Morgan fingerprint density at radius 3 is 2.33 bits per heavy atom. The van der Waals surface area contributed by atoms with E-state index in [1.807, 2.05) is 17.8 Å². The quantitative estimate of drug-likeness (QED) is 0.831. The number of carbonyl (C=O) groups excluding carboxylic acids is 1. The molecule has 1 saturated heterocycles. The van der Waals surface area contributed by atoms with Crippen molar-refractivity contribution in [1.29, 1.82) is 0 Å². The minimum absolute atomic E-state index is 0.0783. The molecule has 8 heteroatoms. The third-order valence-electron chi connectivity index (χ3n) is 4.06.